The molecule has 0 fully saturated rings. The Morgan fingerprint density at radius 1 is 0.941 bits per heavy atom. The van der Waals surface area contributed by atoms with E-state index in [9.17, 15) is 5.11 Å². The third-order valence-corrected chi connectivity index (χ3v) is 2.80. The Morgan fingerprint density at radius 2 is 1.47 bits per heavy atom. The van der Waals surface area contributed by atoms with E-state index >= 15 is 0 Å². The highest BCUT2D eigenvalue weighted by Gasteiger charge is 2.04. The first-order valence-electron chi connectivity index (χ1n) is 5.78. The largest absolute Gasteiger partial charge is 0.508 e. The van der Waals surface area contributed by atoms with Gasteiger partial charge in [0.1, 0.15) is 5.76 Å². The molecule has 0 saturated heterocycles. The maximum atomic E-state index is 10.0. The topological polar surface area (TPSA) is 20.2 Å². The van der Waals surface area contributed by atoms with Gasteiger partial charge in [0, 0.05) is 11.5 Å². The molecule has 1 N–H and O–H groups in total. The number of rotatable bonds is 3. The van der Waals surface area contributed by atoms with Gasteiger partial charge in [0.05, 0.1) is 0 Å². The molecule has 86 valence electrons. The summed E-state index contributed by atoms with van der Waals surface area (Å²) in [4.78, 5) is 0. The van der Waals surface area contributed by atoms with Crippen LogP contribution in [0.2, 0.25) is 0 Å². The summed E-state index contributed by atoms with van der Waals surface area (Å²) in [7, 11) is 0. The number of aliphatic hydroxyl groups excluding tert-OH is 1. The zero-order valence-corrected chi connectivity index (χ0v) is 9.88. The van der Waals surface area contributed by atoms with Crippen molar-refractivity contribution in [1.82, 2.24) is 0 Å². The fourth-order valence-electron chi connectivity index (χ4n) is 1.79. The van der Waals surface area contributed by atoms with Crippen LogP contribution in [0.5, 0.6) is 0 Å². The maximum Gasteiger partial charge on any atom is 0.119 e. The van der Waals surface area contributed by atoms with Crippen LogP contribution in [-0.2, 0) is 0 Å². The van der Waals surface area contributed by atoms with Gasteiger partial charge in [-0.05, 0) is 11.6 Å². The fourth-order valence-corrected chi connectivity index (χ4v) is 1.79. The van der Waals surface area contributed by atoms with Gasteiger partial charge in [-0.1, -0.05) is 67.6 Å². The number of aliphatic hydroxyl groups is 1. The van der Waals surface area contributed by atoms with Gasteiger partial charge in [-0.15, -0.1) is 0 Å². The molecule has 2 aromatic rings. The highest BCUT2D eigenvalue weighted by atomic mass is 16.3. The molecule has 1 nitrogen and oxygen atoms in total. The van der Waals surface area contributed by atoms with E-state index in [0.717, 1.165) is 5.56 Å². The van der Waals surface area contributed by atoms with Crippen molar-refractivity contribution >= 4 is 5.76 Å². The third kappa shape index (κ3) is 2.97. The van der Waals surface area contributed by atoms with E-state index in [1.165, 1.54) is 5.56 Å². The standard InChI is InChI=1S/C16H16O/c1-13(14-8-4-2-5-9-14)12-16(17)15-10-6-3-7-11-15/h2-13,17H,1H3/b16-12-. The smallest absolute Gasteiger partial charge is 0.119 e. The lowest BCUT2D eigenvalue weighted by Crippen LogP contribution is -1.91. The zero-order valence-electron chi connectivity index (χ0n) is 9.88. The van der Waals surface area contributed by atoms with Crippen LogP contribution in [0.3, 0.4) is 0 Å². The molecule has 0 aliphatic heterocycles. The van der Waals surface area contributed by atoms with Gasteiger partial charge >= 0.3 is 0 Å². The van der Waals surface area contributed by atoms with Crippen molar-refractivity contribution in [3.05, 3.63) is 77.9 Å². The number of benzene rings is 2. The second-order valence-corrected chi connectivity index (χ2v) is 4.12. The van der Waals surface area contributed by atoms with E-state index in [0.29, 0.717) is 5.76 Å². The summed E-state index contributed by atoms with van der Waals surface area (Å²) in [6.45, 7) is 2.08. The van der Waals surface area contributed by atoms with Crippen molar-refractivity contribution < 1.29 is 5.11 Å². The summed E-state index contributed by atoms with van der Waals surface area (Å²) < 4.78 is 0. The van der Waals surface area contributed by atoms with Crippen LogP contribution in [0, 0.1) is 0 Å². The fraction of sp³-hybridized carbons (Fsp3) is 0.125. The molecule has 0 bridgehead atoms. The van der Waals surface area contributed by atoms with E-state index in [4.69, 9.17) is 0 Å². The number of allylic oxidation sites excluding steroid dienone is 1. The Labute approximate surface area is 102 Å². The molecule has 0 spiro atoms. The van der Waals surface area contributed by atoms with Crippen molar-refractivity contribution in [3.8, 4) is 0 Å². The van der Waals surface area contributed by atoms with Gasteiger partial charge in [0.2, 0.25) is 0 Å². The highest BCUT2D eigenvalue weighted by Crippen LogP contribution is 2.20. The minimum absolute atomic E-state index is 0.205. The van der Waals surface area contributed by atoms with Gasteiger partial charge in [-0.2, -0.15) is 0 Å². The summed E-state index contributed by atoms with van der Waals surface area (Å²) in [6.07, 6.45) is 1.88. The molecule has 0 saturated carbocycles. The van der Waals surface area contributed by atoms with Crippen LogP contribution in [0.4, 0.5) is 0 Å². The third-order valence-electron chi connectivity index (χ3n) is 2.80. The predicted octanol–water partition coefficient (Wildman–Crippen LogP) is 4.39. The van der Waals surface area contributed by atoms with Crippen molar-refractivity contribution in [1.29, 1.82) is 0 Å². The Bertz CT molecular complexity index is 485. The molecule has 17 heavy (non-hydrogen) atoms. The highest BCUT2D eigenvalue weighted by molar-refractivity contribution is 5.59. The van der Waals surface area contributed by atoms with E-state index in [1.807, 2.05) is 54.6 Å². The van der Waals surface area contributed by atoms with E-state index < -0.39 is 0 Å². The van der Waals surface area contributed by atoms with Crippen LogP contribution in [0.15, 0.2) is 66.7 Å². The van der Waals surface area contributed by atoms with Gasteiger partial charge in [0.15, 0.2) is 0 Å². The lowest BCUT2D eigenvalue weighted by atomic mass is 9.99. The summed E-state index contributed by atoms with van der Waals surface area (Å²) in [6, 6.07) is 19.8. The number of hydrogen-bond acceptors (Lipinski definition) is 1. The summed E-state index contributed by atoms with van der Waals surface area (Å²) in [5, 5.41) is 10.0. The SMILES string of the molecule is CC(/C=C(\O)c1ccccc1)c1ccccc1. The molecular weight excluding hydrogens is 208 g/mol. The lowest BCUT2D eigenvalue weighted by Gasteiger charge is -2.08. The molecule has 0 heterocycles. The summed E-state index contributed by atoms with van der Waals surface area (Å²) >= 11 is 0. The molecule has 1 atom stereocenters. The molecule has 0 aliphatic carbocycles. The van der Waals surface area contributed by atoms with Crippen LogP contribution in [0.25, 0.3) is 5.76 Å². The lowest BCUT2D eigenvalue weighted by molar-refractivity contribution is 0.508. The van der Waals surface area contributed by atoms with Crippen molar-refractivity contribution in [2.75, 3.05) is 0 Å². The van der Waals surface area contributed by atoms with E-state index in [2.05, 4.69) is 19.1 Å². The molecule has 0 radical (unpaired) electrons. The molecule has 0 amide bonds. The Balaban J connectivity index is 2.20. The molecule has 0 aromatic heterocycles. The minimum atomic E-state index is 0.205. The quantitative estimate of drug-likeness (QED) is 0.767. The number of hydrogen-bond donors (Lipinski definition) is 1. The Hall–Kier alpha value is -2.02. The van der Waals surface area contributed by atoms with Crippen molar-refractivity contribution in [3.63, 3.8) is 0 Å². The first-order chi connectivity index (χ1) is 8.27. The molecule has 1 heteroatoms. The molecule has 2 aromatic carbocycles. The van der Waals surface area contributed by atoms with Gasteiger partial charge in [-0.3, -0.25) is 0 Å². The van der Waals surface area contributed by atoms with Gasteiger partial charge in [0.25, 0.3) is 0 Å². The normalized spacial score (nSPS) is 13.4. The predicted molar refractivity (Wildman–Crippen MR) is 71.9 cm³/mol. The van der Waals surface area contributed by atoms with Crippen molar-refractivity contribution in [2.24, 2.45) is 0 Å². The van der Waals surface area contributed by atoms with E-state index in [1.54, 1.807) is 0 Å². The summed E-state index contributed by atoms with van der Waals surface area (Å²) in [5.74, 6) is 0.540. The monoisotopic (exact) mass is 224 g/mol. The van der Waals surface area contributed by atoms with Crippen molar-refractivity contribution in [2.45, 2.75) is 12.8 Å². The molecular formula is C16H16O. The van der Waals surface area contributed by atoms with Gasteiger partial charge in [-0.25, -0.2) is 0 Å². The molecule has 0 aliphatic rings. The molecule has 1 unspecified atom stereocenters. The van der Waals surface area contributed by atoms with Crippen LogP contribution < -0.4 is 0 Å². The second-order valence-electron chi connectivity index (χ2n) is 4.12. The average molecular weight is 224 g/mol. The van der Waals surface area contributed by atoms with Crippen LogP contribution in [0.1, 0.15) is 24.0 Å². The first-order valence-corrected chi connectivity index (χ1v) is 5.78. The van der Waals surface area contributed by atoms with Crippen LogP contribution in [-0.4, -0.2) is 5.11 Å². The average Bonchev–Trinajstić information content (AvgIpc) is 2.40. The minimum Gasteiger partial charge on any atom is -0.508 e. The van der Waals surface area contributed by atoms with Gasteiger partial charge < -0.3 is 5.11 Å². The first kappa shape index (κ1) is 11.5. The Kier molecular flexibility index (Phi) is 3.61. The maximum absolute atomic E-state index is 10.0. The second kappa shape index (κ2) is 5.35. The zero-order chi connectivity index (χ0) is 12.1. The Morgan fingerprint density at radius 3 is 2.06 bits per heavy atom. The van der Waals surface area contributed by atoms with Crippen LogP contribution >= 0.6 is 0 Å². The molecule has 2 rings (SSSR count). The van der Waals surface area contributed by atoms with E-state index in [-0.39, 0.29) is 5.92 Å². The summed E-state index contributed by atoms with van der Waals surface area (Å²) in [5.41, 5.74) is 2.06.